The van der Waals surface area contributed by atoms with Crippen LogP contribution in [0.15, 0.2) is 21.7 Å². The van der Waals surface area contributed by atoms with Gasteiger partial charge in [-0.05, 0) is 31.9 Å². The minimum Gasteiger partial charge on any atom is -0.460 e. The van der Waals surface area contributed by atoms with E-state index < -0.39 is 0 Å². The van der Waals surface area contributed by atoms with Crippen LogP contribution >= 0.6 is 0 Å². The fraction of sp³-hybridized carbons (Fsp3) is 0.538. The first-order valence-electron chi connectivity index (χ1n) is 6.40. The normalized spacial score (nSPS) is 16.9. The molecular weight excluding hydrogens is 230 g/mol. The number of rotatable bonds is 3. The van der Waals surface area contributed by atoms with Crippen LogP contribution in [0.5, 0.6) is 0 Å². The fourth-order valence-electron chi connectivity index (χ4n) is 2.14. The number of furan rings is 1. The molecule has 1 saturated carbocycles. The summed E-state index contributed by atoms with van der Waals surface area (Å²) in [7, 11) is 0. The lowest BCUT2D eigenvalue weighted by Crippen LogP contribution is -2.41. The summed E-state index contributed by atoms with van der Waals surface area (Å²) < 4.78 is 5.29. The second kappa shape index (κ2) is 6.23. The Kier molecular flexibility index (Phi) is 4.39. The number of carbonyl (C=O) groups excluding carboxylic acids is 1. The van der Waals surface area contributed by atoms with Crippen molar-refractivity contribution in [2.45, 2.75) is 45.1 Å². The Morgan fingerprint density at radius 3 is 2.83 bits per heavy atom. The van der Waals surface area contributed by atoms with Gasteiger partial charge in [0.05, 0.1) is 6.21 Å². The number of hydrogen-bond acceptors (Lipinski definition) is 3. The van der Waals surface area contributed by atoms with Gasteiger partial charge in [-0.1, -0.05) is 19.3 Å². The summed E-state index contributed by atoms with van der Waals surface area (Å²) in [4.78, 5) is 11.5. The molecule has 0 aliphatic heterocycles. The lowest BCUT2D eigenvalue weighted by atomic mass is 9.96. The smallest absolute Gasteiger partial charge is 0.335 e. The summed E-state index contributed by atoms with van der Waals surface area (Å²) in [6, 6.07) is 3.70. The highest BCUT2D eigenvalue weighted by Crippen LogP contribution is 2.17. The Hall–Kier alpha value is -1.78. The average Bonchev–Trinajstić information content (AvgIpc) is 2.76. The molecule has 0 unspecified atom stereocenters. The molecule has 0 spiro atoms. The van der Waals surface area contributed by atoms with Gasteiger partial charge in [-0.3, -0.25) is 0 Å². The molecule has 1 aliphatic carbocycles. The number of carbonyl (C=O) groups is 1. The molecule has 2 rings (SSSR count). The number of aryl methyl sites for hydroxylation is 1. The van der Waals surface area contributed by atoms with E-state index in [1.165, 1.54) is 25.5 Å². The number of nitrogens with one attached hydrogen (secondary N) is 2. The molecule has 18 heavy (non-hydrogen) atoms. The molecule has 98 valence electrons. The highest BCUT2D eigenvalue weighted by Gasteiger charge is 2.14. The summed E-state index contributed by atoms with van der Waals surface area (Å²) >= 11 is 0. The summed E-state index contributed by atoms with van der Waals surface area (Å²) in [5.74, 6) is 1.45. The molecule has 1 aromatic heterocycles. The second-order valence-electron chi connectivity index (χ2n) is 4.63. The SMILES string of the molecule is Cc1ccc(C=NNC(=O)NC2CCCCC2)o1. The number of hydrazone groups is 1. The van der Waals surface area contributed by atoms with Crippen molar-refractivity contribution in [3.05, 3.63) is 23.7 Å². The zero-order valence-corrected chi connectivity index (χ0v) is 10.6. The van der Waals surface area contributed by atoms with Crippen molar-refractivity contribution in [2.24, 2.45) is 5.10 Å². The Bertz CT molecular complexity index is 420. The zero-order valence-electron chi connectivity index (χ0n) is 10.6. The van der Waals surface area contributed by atoms with Crippen LogP contribution < -0.4 is 10.7 Å². The lowest BCUT2D eigenvalue weighted by Gasteiger charge is -2.22. The molecule has 2 amide bonds. The van der Waals surface area contributed by atoms with Gasteiger partial charge in [-0.15, -0.1) is 0 Å². The first kappa shape index (κ1) is 12.7. The van der Waals surface area contributed by atoms with E-state index in [2.05, 4.69) is 15.8 Å². The maximum atomic E-state index is 11.5. The molecule has 1 fully saturated rings. The predicted octanol–water partition coefficient (Wildman–Crippen LogP) is 2.55. The van der Waals surface area contributed by atoms with E-state index in [1.54, 1.807) is 6.07 Å². The van der Waals surface area contributed by atoms with Gasteiger partial charge in [-0.25, -0.2) is 10.2 Å². The van der Waals surface area contributed by atoms with Crippen LogP contribution in [-0.4, -0.2) is 18.3 Å². The quantitative estimate of drug-likeness (QED) is 0.638. The maximum Gasteiger partial charge on any atom is 0.335 e. The Labute approximate surface area is 107 Å². The minimum atomic E-state index is -0.249. The van der Waals surface area contributed by atoms with E-state index in [-0.39, 0.29) is 6.03 Å². The van der Waals surface area contributed by atoms with Gasteiger partial charge in [-0.2, -0.15) is 5.10 Å². The molecule has 0 radical (unpaired) electrons. The molecule has 1 heterocycles. The van der Waals surface area contributed by atoms with Gasteiger partial charge in [0.15, 0.2) is 0 Å². The molecule has 5 heteroatoms. The van der Waals surface area contributed by atoms with E-state index in [1.807, 2.05) is 13.0 Å². The van der Waals surface area contributed by atoms with Crippen LogP contribution in [0.2, 0.25) is 0 Å². The van der Waals surface area contributed by atoms with E-state index in [9.17, 15) is 4.79 Å². The maximum absolute atomic E-state index is 11.5. The Balaban J connectivity index is 1.72. The molecule has 1 aromatic rings. The van der Waals surface area contributed by atoms with Gasteiger partial charge in [0, 0.05) is 6.04 Å². The molecule has 2 N–H and O–H groups in total. The number of hydrogen-bond donors (Lipinski definition) is 2. The average molecular weight is 249 g/mol. The van der Waals surface area contributed by atoms with Crippen LogP contribution in [0, 0.1) is 6.92 Å². The Morgan fingerprint density at radius 2 is 2.17 bits per heavy atom. The molecule has 5 nitrogen and oxygen atoms in total. The molecule has 0 bridgehead atoms. The van der Waals surface area contributed by atoms with Crippen molar-refractivity contribution < 1.29 is 9.21 Å². The van der Waals surface area contributed by atoms with Crippen molar-refractivity contribution in [2.75, 3.05) is 0 Å². The summed E-state index contributed by atoms with van der Waals surface area (Å²) in [5, 5.41) is 6.76. The van der Waals surface area contributed by atoms with Crippen molar-refractivity contribution in [1.29, 1.82) is 0 Å². The largest absolute Gasteiger partial charge is 0.460 e. The van der Waals surface area contributed by atoms with Crippen molar-refractivity contribution in [3.63, 3.8) is 0 Å². The standard InChI is InChI=1S/C13H19N3O2/c1-10-7-8-12(18-10)9-14-16-13(17)15-11-5-3-2-4-6-11/h7-9,11H,2-6H2,1H3,(H2,15,16,17). The Morgan fingerprint density at radius 1 is 1.39 bits per heavy atom. The van der Waals surface area contributed by atoms with Gasteiger partial charge in [0.2, 0.25) is 0 Å². The van der Waals surface area contributed by atoms with Gasteiger partial charge >= 0.3 is 6.03 Å². The number of amides is 2. The van der Waals surface area contributed by atoms with Gasteiger partial charge < -0.3 is 9.73 Å². The fourth-order valence-corrected chi connectivity index (χ4v) is 2.14. The highest BCUT2D eigenvalue weighted by molar-refractivity contribution is 5.79. The van der Waals surface area contributed by atoms with Crippen LogP contribution in [0.4, 0.5) is 4.79 Å². The van der Waals surface area contributed by atoms with Crippen molar-refractivity contribution in [1.82, 2.24) is 10.7 Å². The summed E-state index contributed by atoms with van der Waals surface area (Å²) in [5.41, 5.74) is 2.45. The van der Waals surface area contributed by atoms with E-state index in [0.717, 1.165) is 18.6 Å². The van der Waals surface area contributed by atoms with E-state index in [4.69, 9.17) is 4.42 Å². The predicted molar refractivity (Wildman–Crippen MR) is 69.6 cm³/mol. The van der Waals surface area contributed by atoms with Crippen molar-refractivity contribution in [3.8, 4) is 0 Å². The third-order valence-corrected chi connectivity index (χ3v) is 3.06. The van der Waals surface area contributed by atoms with Crippen LogP contribution in [0.3, 0.4) is 0 Å². The third kappa shape index (κ3) is 3.91. The van der Waals surface area contributed by atoms with Gasteiger partial charge in [0.1, 0.15) is 11.5 Å². The third-order valence-electron chi connectivity index (χ3n) is 3.06. The minimum absolute atomic E-state index is 0.249. The molecule has 0 aromatic carbocycles. The monoisotopic (exact) mass is 249 g/mol. The molecule has 0 atom stereocenters. The summed E-state index contributed by atoms with van der Waals surface area (Å²) in [6.45, 7) is 1.86. The lowest BCUT2D eigenvalue weighted by molar-refractivity contribution is 0.233. The van der Waals surface area contributed by atoms with E-state index in [0.29, 0.717) is 11.8 Å². The molecular formula is C13H19N3O2. The van der Waals surface area contributed by atoms with Gasteiger partial charge in [0.25, 0.3) is 0 Å². The first-order chi connectivity index (χ1) is 8.74. The molecule has 1 aliphatic rings. The van der Waals surface area contributed by atoms with Crippen LogP contribution in [0.25, 0.3) is 0 Å². The summed E-state index contributed by atoms with van der Waals surface area (Å²) in [6.07, 6.45) is 7.28. The number of urea groups is 1. The van der Waals surface area contributed by atoms with Crippen LogP contribution in [-0.2, 0) is 0 Å². The topological polar surface area (TPSA) is 66.6 Å². The first-order valence-corrected chi connectivity index (χ1v) is 6.40. The van der Waals surface area contributed by atoms with Crippen molar-refractivity contribution >= 4 is 12.2 Å². The molecule has 0 saturated heterocycles. The second-order valence-corrected chi connectivity index (χ2v) is 4.63. The zero-order chi connectivity index (χ0) is 12.8. The van der Waals surface area contributed by atoms with Crippen LogP contribution in [0.1, 0.15) is 43.6 Å². The number of nitrogens with zero attached hydrogens (tertiary/aromatic N) is 1. The van der Waals surface area contributed by atoms with E-state index >= 15 is 0 Å². The highest BCUT2D eigenvalue weighted by atomic mass is 16.3.